The van der Waals surface area contributed by atoms with Gasteiger partial charge in [-0.15, -0.1) is 0 Å². The molecule has 0 atom stereocenters. The van der Waals surface area contributed by atoms with E-state index in [0.29, 0.717) is 11.1 Å². The molecule has 5 aromatic carbocycles. The van der Waals surface area contributed by atoms with Crippen molar-refractivity contribution >= 4 is 54.9 Å². The van der Waals surface area contributed by atoms with Gasteiger partial charge in [0.2, 0.25) is 0 Å². The van der Waals surface area contributed by atoms with E-state index in [9.17, 15) is 14.7 Å². The van der Waals surface area contributed by atoms with Gasteiger partial charge in [-0.05, 0) is 49.8 Å². The zero-order valence-corrected chi connectivity index (χ0v) is 14.9. The monoisotopic (exact) mass is 365 g/mol. The van der Waals surface area contributed by atoms with E-state index in [2.05, 4.69) is 24.3 Å². The maximum Gasteiger partial charge on any atom is 0.261 e. The fraction of sp³-hybridized carbons (Fsp3) is 0.0833. The average Bonchev–Trinajstić information content (AvgIpc) is 2.73. The van der Waals surface area contributed by atoms with Crippen LogP contribution in [0.1, 0.15) is 20.7 Å². The third kappa shape index (κ3) is 1.73. The highest BCUT2D eigenvalue weighted by molar-refractivity contribution is 6.38. The van der Waals surface area contributed by atoms with Crippen LogP contribution in [0.2, 0.25) is 0 Å². The maximum atomic E-state index is 13.0. The van der Waals surface area contributed by atoms with Gasteiger partial charge in [-0.3, -0.25) is 14.5 Å². The molecule has 1 heterocycles. The number of hydrogen-bond acceptors (Lipinski definition) is 3. The van der Waals surface area contributed by atoms with Crippen molar-refractivity contribution in [2.24, 2.45) is 0 Å². The van der Waals surface area contributed by atoms with E-state index in [1.54, 1.807) is 0 Å². The van der Waals surface area contributed by atoms with Gasteiger partial charge in [-0.1, -0.05) is 48.5 Å². The predicted octanol–water partition coefficient (Wildman–Crippen LogP) is 4.33. The Morgan fingerprint density at radius 3 is 1.71 bits per heavy atom. The average molecular weight is 365 g/mol. The number of benzene rings is 5. The lowest BCUT2D eigenvalue weighted by Crippen LogP contribution is -2.41. The van der Waals surface area contributed by atoms with Crippen molar-refractivity contribution < 1.29 is 14.7 Å². The van der Waals surface area contributed by atoms with Crippen molar-refractivity contribution in [2.75, 3.05) is 13.2 Å². The summed E-state index contributed by atoms with van der Waals surface area (Å²) < 4.78 is 0. The molecule has 4 nitrogen and oxygen atoms in total. The summed E-state index contributed by atoms with van der Waals surface area (Å²) in [4.78, 5) is 27.1. The number of aliphatic hydroxyl groups excluding tert-OH is 1. The van der Waals surface area contributed by atoms with Gasteiger partial charge < -0.3 is 5.11 Å². The third-order valence-corrected chi connectivity index (χ3v) is 5.92. The molecule has 1 N–H and O–H groups in total. The molecule has 0 spiro atoms. The number of β-amino-alcohol motifs (C(OH)–C–C–N with tert-alkyl or cyclic N) is 1. The second-order valence-electron chi connectivity index (χ2n) is 7.27. The van der Waals surface area contributed by atoms with Crippen molar-refractivity contribution in [3.05, 3.63) is 71.8 Å². The highest BCUT2D eigenvalue weighted by Crippen LogP contribution is 2.43. The third-order valence-electron chi connectivity index (χ3n) is 5.92. The highest BCUT2D eigenvalue weighted by atomic mass is 16.3. The summed E-state index contributed by atoms with van der Waals surface area (Å²) in [5.74, 6) is -0.681. The minimum atomic E-state index is -0.340. The van der Waals surface area contributed by atoms with Crippen molar-refractivity contribution in [3.63, 3.8) is 0 Å². The number of amides is 2. The molecule has 0 bridgehead atoms. The van der Waals surface area contributed by atoms with Crippen LogP contribution in [0.3, 0.4) is 0 Å². The number of carbonyl (C=O) groups is 2. The Morgan fingerprint density at radius 1 is 0.643 bits per heavy atom. The Balaban J connectivity index is 1.87. The number of rotatable bonds is 2. The first-order valence-corrected chi connectivity index (χ1v) is 9.30. The Morgan fingerprint density at radius 2 is 1.18 bits per heavy atom. The van der Waals surface area contributed by atoms with Crippen molar-refractivity contribution in [2.45, 2.75) is 0 Å². The second-order valence-corrected chi connectivity index (χ2v) is 7.27. The SMILES string of the molecule is O=C1c2ccc3c4cccc5cccc(c6ccc(c2c36)C(=O)N1CCO)c54. The Hall–Kier alpha value is -3.50. The molecule has 0 radical (unpaired) electrons. The van der Waals surface area contributed by atoms with Crippen LogP contribution < -0.4 is 0 Å². The van der Waals surface area contributed by atoms with E-state index in [-0.39, 0.29) is 25.0 Å². The molecule has 0 aromatic heterocycles. The molecule has 0 saturated heterocycles. The molecule has 1 aliphatic rings. The van der Waals surface area contributed by atoms with E-state index in [1.807, 2.05) is 36.4 Å². The van der Waals surface area contributed by atoms with E-state index in [4.69, 9.17) is 0 Å². The molecule has 1 aliphatic heterocycles. The van der Waals surface area contributed by atoms with Crippen LogP contribution in [0.4, 0.5) is 0 Å². The van der Waals surface area contributed by atoms with Gasteiger partial charge >= 0.3 is 0 Å². The number of carbonyl (C=O) groups excluding carboxylic acids is 2. The zero-order valence-electron chi connectivity index (χ0n) is 14.9. The van der Waals surface area contributed by atoms with Gasteiger partial charge in [0, 0.05) is 16.5 Å². The van der Waals surface area contributed by atoms with Crippen LogP contribution in [-0.2, 0) is 0 Å². The molecule has 28 heavy (non-hydrogen) atoms. The van der Waals surface area contributed by atoms with Gasteiger partial charge in [-0.25, -0.2) is 0 Å². The van der Waals surface area contributed by atoms with Gasteiger partial charge in [0.1, 0.15) is 0 Å². The first-order valence-electron chi connectivity index (χ1n) is 9.30. The normalized spacial score (nSPS) is 14.2. The van der Waals surface area contributed by atoms with E-state index in [0.717, 1.165) is 37.2 Å². The van der Waals surface area contributed by atoms with Crippen LogP contribution in [0, 0.1) is 0 Å². The summed E-state index contributed by atoms with van der Waals surface area (Å²) in [6.45, 7) is -0.244. The minimum Gasteiger partial charge on any atom is -0.395 e. The number of imide groups is 1. The lowest BCUT2D eigenvalue weighted by atomic mass is 9.85. The topological polar surface area (TPSA) is 57.6 Å². The molecule has 0 aliphatic carbocycles. The van der Waals surface area contributed by atoms with Gasteiger partial charge in [0.25, 0.3) is 11.8 Å². The molecule has 4 heteroatoms. The predicted molar refractivity (Wildman–Crippen MR) is 110 cm³/mol. The minimum absolute atomic E-state index is 0.00421. The summed E-state index contributed by atoms with van der Waals surface area (Å²) in [7, 11) is 0. The maximum absolute atomic E-state index is 13.0. The van der Waals surface area contributed by atoms with Crippen molar-refractivity contribution in [1.29, 1.82) is 0 Å². The highest BCUT2D eigenvalue weighted by Gasteiger charge is 2.33. The summed E-state index contributed by atoms with van der Waals surface area (Å²) >= 11 is 0. The molecule has 0 saturated carbocycles. The van der Waals surface area contributed by atoms with Crippen LogP contribution in [0.25, 0.3) is 43.1 Å². The fourth-order valence-electron chi connectivity index (χ4n) is 4.78. The lowest BCUT2D eigenvalue weighted by Gasteiger charge is -2.28. The Labute approximate surface area is 159 Å². The van der Waals surface area contributed by atoms with Crippen LogP contribution >= 0.6 is 0 Å². The summed E-state index contributed by atoms with van der Waals surface area (Å²) in [5, 5.41) is 17.7. The molecule has 134 valence electrons. The summed E-state index contributed by atoms with van der Waals surface area (Å²) in [6.07, 6.45) is 0. The smallest absolute Gasteiger partial charge is 0.261 e. The lowest BCUT2D eigenvalue weighted by molar-refractivity contribution is 0.0580. The van der Waals surface area contributed by atoms with E-state index < -0.39 is 0 Å². The molecular weight excluding hydrogens is 350 g/mol. The van der Waals surface area contributed by atoms with Crippen LogP contribution in [0.5, 0.6) is 0 Å². The van der Waals surface area contributed by atoms with Gasteiger partial charge in [-0.2, -0.15) is 0 Å². The number of hydrogen-bond donors (Lipinski definition) is 1. The number of nitrogens with zero attached hydrogens (tertiary/aromatic N) is 1. The van der Waals surface area contributed by atoms with Crippen molar-refractivity contribution in [1.82, 2.24) is 4.90 Å². The quantitative estimate of drug-likeness (QED) is 0.288. The van der Waals surface area contributed by atoms with Crippen molar-refractivity contribution in [3.8, 4) is 0 Å². The fourth-order valence-corrected chi connectivity index (χ4v) is 4.78. The van der Waals surface area contributed by atoms with E-state index in [1.165, 1.54) is 10.8 Å². The molecule has 6 rings (SSSR count). The Bertz CT molecular complexity index is 1370. The molecule has 2 amide bonds. The number of fused-ring (bicyclic) bond motifs is 2. The zero-order chi connectivity index (χ0) is 19.0. The molecule has 5 aromatic rings. The largest absolute Gasteiger partial charge is 0.395 e. The summed E-state index contributed by atoms with van der Waals surface area (Å²) in [5.41, 5.74) is 1.05. The first-order chi connectivity index (χ1) is 13.7. The van der Waals surface area contributed by atoms with Gasteiger partial charge in [0.05, 0.1) is 13.2 Å². The van der Waals surface area contributed by atoms with Crippen LogP contribution in [0.15, 0.2) is 60.7 Å². The molecule has 0 unspecified atom stereocenters. The Kier molecular flexibility index (Phi) is 2.93. The van der Waals surface area contributed by atoms with E-state index >= 15 is 0 Å². The second kappa shape index (κ2) is 5.27. The van der Waals surface area contributed by atoms with Gasteiger partial charge in [0.15, 0.2) is 0 Å². The molecular formula is C24H15NO3. The number of aliphatic hydroxyl groups is 1. The first kappa shape index (κ1) is 15.5. The summed E-state index contributed by atoms with van der Waals surface area (Å²) in [6, 6.07) is 20.1. The standard InChI is InChI=1S/C24H15NO3/c26-12-11-25-23(27)18-9-7-16-14-5-1-3-13-4-2-6-15(20(13)14)17-8-10-19(24(25)28)22(18)21(16)17/h1-10,26H,11-12H2. The molecule has 0 fully saturated rings. The van der Waals surface area contributed by atoms with Crippen LogP contribution in [-0.4, -0.2) is 35.0 Å².